The zero-order valence-electron chi connectivity index (χ0n) is 13.7. The molecule has 3 heterocycles. The molecule has 0 fully saturated rings. The van der Waals surface area contributed by atoms with Crippen LogP contribution in [0.3, 0.4) is 0 Å². The van der Waals surface area contributed by atoms with E-state index in [0.717, 1.165) is 16.8 Å². The topological polar surface area (TPSA) is 77.5 Å². The van der Waals surface area contributed by atoms with E-state index in [1.54, 1.807) is 29.7 Å². The highest BCUT2D eigenvalue weighted by Crippen LogP contribution is 2.32. The van der Waals surface area contributed by atoms with Crippen LogP contribution in [0.4, 0.5) is 0 Å². The normalized spacial score (nSPS) is 13.5. The van der Waals surface area contributed by atoms with Crippen LogP contribution in [0.25, 0.3) is 11.3 Å². The van der Waals surface area contributed by atoms with E-state index in [2.05, 4.69) is 9.71 Å². The van der Waals surface area contributed by atoms with Gasteiger partial charge in [-0.3, -0.25) is 4.98 Å². The first-order chi connectivity index (χ1) is 12.6. The van der Waals surface area contributed by atoms with Gasteiger partial charge in [0, 0.05) is 29.8 Å². The Morgan fingerprint density at radius 2 is 1.96 bits per heavy atom. The monoisotopic (exact) mass is 388 g/mol. The number of nitrogens with one attached hydrogen (secondary N) is 1. The van der Waals surface area contributed by atoms with E-state index >= 15 is 0 Å². The van der Waals surface area contributed by atoms with Gasteiger partial charge in [-0.25, -0.2) is 13.1 Å². The summed E-state index contributed by atoms with van der Waals surface area (Å²) in [6.07, 6.45) is 1.70. The Morgan fingerprint density at radius 3 is 2.77 bits per heavy atom. The summed E-state index contributed by atoms with van der Waals surface area (Å²) in [6, 6.07) is 10.2. The maximum atomic E-state index is 12.7. The summed E-state index contributed by atoms with van der Waals surface area (Å²) in [4.78, 5) is 4.53. The smallest absolute Gasteiger partial charge is 0.241 e. The fraction of sp³-hybridized carbons (Fsp3) is 0.167. The molecule has 0 radical (unpaired) electrons. The Hall–Kier alpha value is -2.42. The molecule has 8 heteroatoms. The second-order valence-electron chi connectivity index (χ2n) is 5.65. The van der Waals surface area contributed by atoms with Gasteiger partial charge in [0.2, 0.25) is 10.0 Å². The number of sulfonamides is 1. The molecule has 0 aliphatic carbocycles. The van der Waals surface area contributed by atoms with Crippen LogP contribution < -0.4 is 14.2 Å². The van der Waals surface area contributed by atoms with Crippen LogP contribution in [0.2, 0.25) is 0 Å². The Bertz CT molecular complexity index is 1020. The predicted molar refractivity (Wildman–Crippen MR) is 99.0 cm³/mol. The minimum atomic E-state index is -3.69. The average Bonchev–Trinajstić information content (AvgIpc) is 3.21. The van der Waals surface area contributed by atoms with Crippen LogP contribution >= 0.6 is 11.3 Å². The van der Waals surface area contributed by atoms with Crippen molar-refractivity contribution in [1.29, 1.82) is 0 Å². The van der Waals surface area contributed by atoms with Gasteiger partial charge in [-0.15, -0.1) is 0 Å². The molecule has 0 saturated carbocycles. The minimum Gasteiger partial charge on any atom is -0.486 e. The second kappa shape index (κ2) is 7.06. The first-order valence-electron chi connectivity index (χ1n) is 7.99. The summed E-state index contributed by atoms with van der Waals surface area (Å²) in [5.74, 6) is 1.00. The van der Waals surface area contributed by atoms with Crippen LogP contribution in [0, 0.1) is 0 Å². The van der Waals surface area contributed by atoms with Crippen LogP contribution in [0.1, 0.15) is 5.56 Å². The van der Waals surface area contributed by atoms with Crippen molar-refractivity contribution in [3.63, 3.8) is 0 Å². The average molecular weight is 388 g/mol. The van der Waals surface area contributed by atoms with E-state index in [-0.39, 0.29) is 11.4 Å². The molecule has 1 aromatic carbocycles. The largest absolute Gasteiger partial charge is 0.486 e. The van der Waals surface area contributed by atoms with Crippen molar-refractivity contribution in [1.82, 2.24) is 9.71 Å². The lowest BCUT2D eigenvalue weighted by molar-refractivity contribution is 0.171. The van der Waals surface area contributed by atoms with Crippen LogP contribution in [-0.2, 0) is 16.6 Å². The van der Waals surface area contributed by atoms with Gasteiger partial charge in [0.15, 0.2) is 11.5 Å². The maximum absolute atomic E-state index is 12.7. The highest BCUT2D eigenvalue weighted by molar-refractivity contribution is 7.89. The van der Waals surface area contributed by atoms with E-state index in [0.29, 0.717) is 24.7 Å². The van der Waals surface area contributed by atoms with E-state index in [9.17, 15) is 8.42 Å². The molecule has 26 heavy (non-hydrogen) atoms. The maximum Gasteiger partial charge on any atom is 0.241 e. The molecule has 1 aliphatic rings. The van der Waals surface area contributed by atoms with Crippen molar-refractivity contribution in [3.05, 3.63) is 58.9 Å². The third-order valence-corrected chi connectivity index (χ3v) is 6.04. The fourth-order valence-corrected chi connectivity index (χ4v) is 4.35. The van der Waals surface area contributed by atoms with Gasteiger partial charge < -0.3 is 9.47 Å². The van der Waals surface area contributed by atoms with Crippen molar-refractivity contribution in [2.75, 3.05) is 13.2 Å². The summed E-state index contributed by atoms with van der Waals surface area (Å²) in [7, 11) is -3.69. The van der Waals surface area contributed by atoms with Crippen molar-refractivity contribution in [2.45, 2.75) is 11.4 Å². The predicted octanol–water partition coefficient (Wildman–Crippen LogP) is 3.06. The molecule has 0 atom stereocenters. The lowest BCUT2D eigenvalue weighted by atomic mass is 10.1. The number of aromatic nitrogens is 1. The van der Waals surface area contributed by atoms with Gasteiger partial charge in [-0.2, -0.15) is 11.3 Å². The number of nitrogens with zero attached hydrogens (tertiary/aromatic N) is 1. The molecule has 6 nitrogen and oxygen atoms in total. The highest BCUT2D eigenvalue weighted by Gasteiger charge is 2.20. The number of hydrogen-bond acceptors (Lipinski definition) is 6. The summed E-state index contributed by atoms with van der Waals surface area (Å²) in [5, 5.41) is 3.95. The van der Waals surface area contributed by atoms with Crippen molar-refractivity contribution in [2.24, 2.45) is 0 Å². The molecule has 1 aliphatic heterocycles. The molecule has 4 rings (SSSR count). The molecule has 0 spiro atoms. The third kappa shape index (κ3) is 3.44. The third-order valence-electron chi connectivity index (χ3n) is 3.96. The second-order valence-corrected chi connectivity index (χ2v) is 8.20. The Kier molecular flexibility index (Phi) is 4.62. The zero-order valence-corrected chi connectivity index (χ0v) is 15.3. The van der Waals surface area contributed by atoms with E-state index in [4.69, 9.17) is 9.47 Å². The van der Waals surface area contributed by atoms with Gasteiger partial charge in [-0.1, -0.05) is 6.07 Å². The van der Waals surface area contributed by atoms with Gasteiger partial charge >= 0.3 is 0 Å². The number of ether oxygens (including phenoxy) is 2. The van der Waals surface area contributed by atoms with Crippen molar-refractivity contribution < 1.29 is 17.9 Å². The Morgan fingerprint density at radius 1 is 1.12 bits per heavy atom. The number of fused-ring (bicyclic) bond motifs is 1. The van der Waals surface area contributed by atoms with Crippen molar-refractivity contribution in [3.8, 4) is 22.8 Å². The molecule has 2 aromatic heterocycles. The summed E-state index contributed by atoms with van der Waals surface area (Å²) < 4.78 is 38.9. The zero-order chi connectivity index (χ0) is 18.0. The van der Waals surface area contributed by atoms with Gasteiger partial charge in [-0.05, 0) is 35.2 Å². The first kappa shape index (κ1) is 17.0. The molecule has 134 valence electrons. The molecule has 0 saturated heterocycles. The Balaban J connectivity index is 1.56. The Labute approximate surface area is 155 Å². The molecule has 0 unspecified atom stereocenters. The number of hydrogen-bond donors (Lipinski definition) is 1. The first-order valence-corrected chi connectivity index (χ1v) is 10.4. The summed E-state index contributed by atoms with van der Waals surface area (Å²) >= 11 is 1.57. The highest BCUT2D eigenvalue weighted by atomic mass is 32.2. The molecule has 3 aromatic rings. The minimum absolute atomic E-state index is 0.141. The molecular formula is C18H16N2O4S2. The molecule has 0 bridgehead atoms. The quantitative estimate of drug-likeness (QED) is 0.727. The lowest BCUT2D eigenvalue weighted by Crippen LogP contribution is -2.24. The lowest BCUT2D eigenvalue weighted by Gasteiger charge is -2.19. The summed E-state index contributed by atoms with van der Waals surface area (Å²) in [6.45, 7) is 1.02. The van der Waals surface area contributed by atoms with E-state index in [1.165, 1.54) is 12.1 Å². The van der Waals surface area contributed by atoms with Gasteiger partial charge in [0.05, 0.1) is 10.6 Å². The van der Waals surface area contributed by atoms with E-state index < -0.39 is 10.0 Å². The molecular weight excluding hydrogens is 372 g/mol. The summed E-state index contributed by atoms with van der Waals surface area (Å²) in [5.41, 5.74) is 2.56. The number of pyridine rings is 1. The van der Waals surface area contributed by atoms with Crippen molar-refractivity contribution >= 4 is 21.4 Å². The van der Waals surface area contributed by atoms with Crippen LogP contribution in [0.15, 0.2) is 58.3 Å². The molecule has 0 amide bonds. The number of rotatable bonds is 5. The number of benzene rings is 1. The van der Waals surface area contributed by atoms with Crippen LogP contribution in [0.5, 0.6) is 11.5 Å². The van der Waals surface area contributed by atoms with Gasteiger partial charge in [0.1, 0.15) is 13.2 Å². The van der Waals surface area contributed by atoms with Gasteiger partial charge in [0.25, 0.3) is 0 Å². The SMILES string of the molecule is O=S(=O)(NCc1cccnc1-c1ccsc1)c1ccc2c(c1)OCCO2. The molecule has 1 N–H and O–H groups in total. The van der Waals surface area contributed by atoms with E-state index in [1.807, 2.05) is 22.9 Å². The number of thiophene rings is 1. The standard InChI is InChI=1S/C18H16N2O4S2/c21-26(22,15-3-4-16-17(10-15)24-8-7-23-16)20-11-13-2-1-6-19-18(13)14-5-9-25-12-14/h1-6,9-10,12,20H,7-8,11H2. The fourth-order valence-electron chi connectivity index (χ4n) is 2.69. The van der Waals surface area contributed by atoms with Crippen LogP contribution in [-0.4, -0.2) is 26.6 Å².